The van der Waals surface area contributed by atoms with Gasteiger partial charge in [-0.05, 0) is 69.1 Å². The van der Waals surface area contributed by atoms with Gasteiger partial charge in [0.15, 0.2) is 6.17 Å². The first-order chi connectivity index (χ1) is 20.1. The van der Waals surface area contributed by atoms with Crippen molar-refractivity contribution in [1.29, 1.82) is 0 Å². The van der Waals surface area contributed by atoms with Gasteiger partial charge < -0.3 is 18.9 Å². The Morgan fingerprint density at radius 3 is 2.23 bits per heavy atom. The van der Waals surface area contributed by atoms with Crippen molar-refractivity contribution >= 4 is 34.0 Å². The summed E-state index contributed by atoms with van der Waals surface area (Å²) < 4.78 is 91.7. The lowest BCUT2D eigenvalue weighted by Crippen LogP contribution is -2.59. The summed E-state index contributed by atoms with van der Waals surface area (Å²) in [5.74, 6) is -3.15. The Labute approximate surface area is 246 Å². The molecule has 1 N–H and O–H groups in total. The van der Waals surface area contributed by atoms with Crippen LogP contribution in [-0.4, -0.2) is 72.7 Å². The summed E-state index contributed by atoms with van der Waals surface area (Å²) in [5, 5.41) is -5.07. The molecule has 43 heavy (non-hydrogen) atoms. The predicted molar refractivity (Wildman–Crippen MR) is 136 cm³/mol. The number of halogens is 3. The predicted octanol–water partition coefficient (Wildman–Crippen LogP) is 3.00. The molecule has 1 heterocycles. The summed E-state index contributed by atoms with van der Waals surface area (Å²) in [7, 11) is -5.99. The Morgan fingerprint density at radius 1 is 1.02 bits per heavy atom. The number of rotatable bonds is 11. The van der Waals surface area contributed by atoms with Crippen LogP contribution >= 0.6 is 0 Å². The van der Waals surface area contributed by atoms with Gasteiger partial charge in [-0.25, -0.2) is 4.39 Å². The summed E-state index contributed by atoms with van der Waals surface area (Å²) >= 11 is 0. The van der Waals surface area contributed by atoms with Crippen LogP contribution in [0.2, 0.25) is 0 Å². The fraction of sp³-hybridized carbons (Fsp3) is 0.857. The molecular weight excluding hydrogens is 601 g/mol. The number of hydrogen-bond donors (Lipinski definition) is 1. The SMILES string of the molecule is CC1(OC(=O)C2C3CC4C(OC(=O)C42)C3OC(=O)CCC(=O)OCCC(F)C(F)(F)S(=O)(=O)O)C2CC3CC(C2)CC1C3. The zero-order valence-corrected chi connectivity index (χ0v) is 24.3. The van der Waals surface area contributed by atoms with Gasteiger partial charge in [-0.15, -0.1) is 0 Å². The molecule has 11 nitrogen and oxygen atoms in total. The lowest BCUT2D eigenvalue weighted by Gasteiger charge is -2.59. The van der Waals surface area contributed by atoms with Crippen molar-refractivity contribution < 1.29 is 64.3 Å². The van der Waals surface area contributed by atoms with Gasteiger partial charge in [-0.1, -0.05) is 0 Å². The van der Waals surface area contributed by atoms with E-state index in [4.69, 9.17) is 18.8 Å². The smallest absolute Gasteiger partial charge is 0.400 e. The molecule has 0 aromatic rings. The second-order valence-electron chi connectivity index (χ2n) is 13.4. The van der Waals surface area contributed by atoms with E-state index in [0.717, 1.165) is 25.7 Å². The normalized spacial score (nSPS) is 41.2. The van der Waals surface area contributed by atoms with E-state index in [0.29, 0.717) is 18.3 Å². The minimum atomic E-state index is -5.99. The second kappa shape index (κ2) is 10.6. The molecule has 0 aromatic heterocycles. The van der Waals surface area contributed by atoms with E-state index in [2.05, 4.69) is 4.74 Å². The first-order valence-corrected chi connectivity index (χ1v) is 16.3. The third kappa shape index (κ3) is 5.11. The van der Waals surface area contributed by atoms with Crippen LogP contribution in [-0.2, 0) is 48.2 Å². The van der Waals surface area contributed by atoms with Gasteiger partial charge in [-0.3, -0.25) is 23.7 Å². The van der Waals surface area contributed by atoms with Gasteiger partial charge in [0.1, 0.15) is 17.8 Å². The van der Waals surface area contributed by atoms with E-state index >= 15 is 0 Å². The van der Waals surface area contributed by atoms with Crippen molar-refractivity contribution in [2.45, 2.75) is 93.9 Å². The number of esters is 4. The molecule has 240 valence electrons. The van der Waals surface area contributed by atoms with Crippen LogP contribution < -0.4 is 0 Å². The van der Waals surface area contributed by atoms with Crippen molar-refractivity contribution in [2.24, 2.45) is 47.3 Å². The van der Waals surface area contributed by atoms with Crippen LogP contribution in [0.15, 0.2) is 0 Å². The van der Waals surface area contributed by atoms with Gasteiger partial charge in [-0.2, -0.15) is 17.2 Å². The summed E-state index contributed by atoms with van der Waals surface area (Å²) in [6.45, 7) is 1.10. The zero-order chi connectivity index (χ0) is 31.1. The molecule has 6 saturated carbocycles. The molecular formula is C28H35F3O11S. The fourth-order valence-electron chi connectivity index (χ4n) is 9.13. The van der Waals surface area contributed by atoms with Crippen molar-refractivity contribution in [3.63, 3.8) is 0 Å². The molecule has 0 amide bonds. The number of hydrogen-bond acceptors (Lipinski definition) is 10. The average Bonchev–Trinajstić information content (AvgIpc) is 3.53. The molecule has 6 bridgehead atoms. The molecule has 7 fully saturated rings. The zero-order valence-electron chi connectivity index (χ0n) is 23.5. The highest BCUT2D eigenvalue weighted by Gasteiger charge is 2.71. The highest BCUT2D eigenvalue weighted by Crippen LogP contribution is 2.62. The van der Waals surface area contributed by atoms with E-state index in [-0.39, 0.29) is 17.8 Å². The highest BCUT2D eigenvalue weighted by atomic mass is 32.2. The van der Waals surface area contributed by atoms with E-state index < -0.39 is 107 Å². The van der Waals surface area contributed by atoms with Crippen LogP contribution in [0.4, 0.5) is 13.2 Å². The Balaban J connectivity index is 1.02. The minimum Gasteiger partial charge on any atom is -0.466 e. The van der Waals surface area contributed by atoms with Crippen LogP contribution in [0.3, 0.4) is 0 Å². The van der Waals surface area contributed by atoms with Crippen molar-refractivity contribution in [2.75, 3.05) is 6.61 Å². The maximum Gasteiger partial charge on any atom is 0.400 e. The molecule has 0 radical (unpaired) electrons. The number of ether oxygens (including phenoxy) is 4. The average molecular weight is 637 g/mol. The minimum absolute atomic E-state index is 0.290. The summed E-state index contributed by atoms with van der Waals surface area (Å²) in [4.78, 5) is 51.1. The van der Waals surface area contributed by atoms with E-state index in [1.807, 2.05) is 6.92 Å². The van der Waals surface area contributed by atoms with Gasteiger partial charge in [0.25, 0.3) is 0 Å². The lowest BCUT2D eigenvalue weighted by molar-refractivity contribution is -0.211. The van der Waals surface area contributed by atoms with Crippen LogP contribution in [0, 0.1) is 47.3 Å². The molecule has 15 heteroatoms. The molecule has 0 aromatic carbocycles. The van der Waals surface area contributed by atoms with Gasteiger partial charge in [0, 0.05) is 18.3 Å². The maximum absolute atomic E-state index is 13.7. The summed E-state index contributed by atoms with van der Waals surface area (Å²) in [6, 6.07) is 0. The molecule has 7 aliphatic rings. The first-order valence-electron chi connectivity index (χ1n) is 14.9. The Morgan fingerprint density at radius 2 is 1.63 bits per heavy atom. The Hall–Kier alpha value is -2.42. The first kappa shape index (κ1) is 30.6. The van der Waals surface area contributed by atoms with Crippen LogP contribution in [0.25, 0.3) is 0 Å². The van der Waals surface area contributed by atoms with Crippen molar-refractivity contribution in [1.82, 2.24) is 0 Å². The summed E-state index contributed by atoms with van der Waals surface area (Å²) in [6.07, 6.45) is -1.31. The molecule has 7 atom stereocenters. The Bertz CT molecular complexity index is 1270. The number of carbonyl (C=O) groups excluding carboxylic acids is 4. The van der Waals surface area contributed by atoms with Gasteiger partial charge in [0.2, 0.25) is 0 Å². The standard InChI is InChI=1S/C28H35F3O11S/c1-27(14-7-12-6-13(9-14)10-15(27)8-12)42-26(35)22-17-11-16-21(22)25(34)41-24(16)23(17)40-20(33)3-2-19(32)39-5-4-18(29)28(30,31)43(36,37)38/h12-18,21-24H,2-11H2,1H3,(H,36,37,38). The third-order valence-electron chi connectivity index (χ3n) is 11.0. The maximum atomic E-state index is 13.7. The number of fused-ring (bicyclic) bond motifs is 1. The largest absolute Gasteiger partial charge is 0.466 e. The van der Waals surface area contributed by atoms with E-state index in [9.17, 15) is 40.8 Å². The molecule has 7 rings (SSSR count). The van der Waals surface area contributed by atoms with Crippen molar-refractivity contribution in [3.8, 4) is 0 Å². The molecule has 1 aliphatic heterocycles. The quantitative estimate of drug-likeness (QED) is 0.202. The highest BCUT2D eigenvalue weighted by molar-refractivity contribution is 7.86. The van der Waals surface area contributed by atoms with E-state index in [1.54, 1.807) is 0 Å². The fourth-order valence-corrected chi connectivity index (χ4v) is 9.57. The monoisotopic (exact) mass is 636 g/mol. The molecule has 6 aliphatic carbocycles. The van der Waals surface area contributed by atoms with Gasteiger partial charge >= 0.3 is 39.2 Å². The topological polar surface area (TPSA) is 160 Å². The number of carbonyl (C=O) groups is 4. The second-order valence-corrected chi connectivity index (χ2v) is 14.9. The van der Waals surface area contributed by atoms with Crippen molar-refractivity contribution in [3.05, 3.63) is 0 Å². The van der Waals surface area contributed by atoms with Gasteiger partial charge in [0.05, 0.1) is 31.3 Å². The van der Waals surface area contributed by atoms with Crippen LogP contribution in [0.5, 0.6) is 0 Å². The van der Waals surface area contributed by atoms with E-state index in [1.165, 1.54) is 6.42 Å². The third-order valence-corrected chi connectivity index (χ3v) is 12.0. The van der Waals surface area contributed by atoms with Crippen LogP contribution in [0.1, 0.15) is 64.7 Å². The summed E-state index contributed by atoms with van der Waals surface area (Å²) in [5.41, 5.74) is -0.592. The number of alkyl halides is 3. The molecule has 0 spiro atoms. The lowest BCUT2D eigenvalue weighted by atomic mass is 9.50. The molecule has 1 saturated heterocycles. The Kier molecular flexibility index (Phi) is 7.54. The molecule has 7 unspecified atom stereocenters.